The number of aromatic nitrogens is 3. The number of carbonyl (C=O) groups is 2. The fourth-order valence-corrected chi connectivity index (χ4v) is 3.48. The first-order valence-electron chi connectivity index (χ1n) is 10.2. The van der Waals surface area contributed by atoms with Crippen molar-refractivity contribution in [1.29, 1.82) is 0 Å². The second-order valence-electron chi connectivity index (χ2n) is 7.53. The van der Waals surface area contributed by atoms with Crippen LogP contribution in [0.3, 0.4) is 0 Å². The molecule has 1 aliphatic rings. The van der Waals surface area contributed by atoms with Crippen molar-refractivity contribution in [3.63, 3.8) is 0 Å². The summed E-state index contributed by atoms with van der Waals surface area (Å²) in [5, 5.41) is 14.3. The van der Waals surface area contributed by atoms with Crippen molar-refractivity contribution in [3.05, 3.63) is 48.5 Å². The van der Waals surface area contributed by atoms with Crippen LogP contribution in [0.25, 0.3) is 0 Å². The Labute approximate surface area is 177 Å². The fourth-order valence-electron chi connectivity index (χ4n) is 3.48. The minimum Gasteiger partial charge on any atom is -0.483 e. The van der Waals surface area contributed by atoms with E-state index in [0.717, 1.165) is 44.5 Å². The highest BCUT2D eigenvalue weighted by Crippen LogP contribution is 2.18. The quantitative estimate of drug-likeness (QED) is 0.670. The van der Waals surface area contributed by atoms with Gasteiger partial charge in [-0.05, 0) is 70.1 Å². The van der Waals surface area contributed by atoms with Crippen LogP contribution in [0.5, 0.6) is 0 Å². The van der Waals surface area contributed by atoms with Crippen LogP contribution in [0.15, 0.2) is 43.0 Å². The second-order valence-corrected chi connectivity index (χ2v) is 7.53. The number of carbonyl (C=O) groups excluding carboxylic acids is 1. The van der Waals surface area contributed by atoms with E-state index in [-0.39, 0.29) is 24.6 Å². The van der Waals surface area contributed by atoms with Crippen molar-refractivity contribution >= 4 is 12.5 Å². The molecule has 3 heterocycles. The zero-order valence-electron chi connectivity index (χ0n) is 17.7. The van der Waals surface area contributed by atoms with Gasteiger partial charge in [0.05, 0.1) is 0 Å². The van der Waals surface area contributed by atoms with Gasteiger partial charge in [-0.2, -0.15) is 5.10 Å². The molecular formula is C21H32N6O3. The number of urea groups is 1. The SMILES string of the molecule is CC(CCn1cccn1)NC(=O)N(Cc1ccncc1)C1CCN(C)CC1.O=CO. The molecular weight excluding hydrogens is 384 g/mol. The number of carboxylic acid groups (broad SMARTS) is 1. The predicted octanol–water partition coefficient (Wildman–Crippen LogP) is 2.06. The minimum absolute atomic E-state index is 0.0225. The van der Waals surface area contributed by atoms with Crippen molar-refractivity contribution in [2.24, 2.45) is 0 Å². The molecule has 1 atom stereocenters. The fraction of sp³-hybridized carbons (Fsp3) is 0.524. The summed E-state index contributed by atoms with van der Waals surface area (Å²) in [6.07, 6.45) is 10.2. The largest absolute Gasteiger partial charge is 0.483 e. The molecule has 0 radical (unpaired) electrons. The lowest BCUT2D eigenvalue weighted by molar-refractivity contribution is -0.122. The van der Waals surface area contributed by atoms with E-state index >= 15 is 0 Å². The maximum atomic E-state index is 13.1. The van der Waals surface area contributed by atoms with E-state index in [4.69, 9.17) is 9.90 Å². The number of nitrogens with one attached hydrogen (secondary N) is 1. The molecule has 2 N–H and O–H groups in total. The smallest absolute Gasteiger partial charge is 0.318 e. The molecule has 0 saturated carbocycles. The van der Waals surface area contributed by atoms with Crippen molar-refractivity contribution in [3.8, 4) is 0 Å². The third kappa shape index (κ3) is 7.82. The molecule has 3 rings (SSSR count). The summed E-state index contributed by atoms with van der Waals surface area (Å²) in [6.45, 7) is 5.28. The molecule has 0 aromatic carbocycles. The van der Waals surface area contributed by atoms with Gasteiger partial charge >= 0.3 is 6.03 Å². The molecule has 9 nitrogen and oxygen atoms in total. The van der Waals surface area contributed by atoms with Crippen LogP contribution in [0, 0.1) is 0 Å². The highest BCUT2D eigenvalue weighted by atomic mass is 16.3. The van der Waals surface area contributed by atoms with Gasteiger partial charge in [-0.3, -0.25) is 14.5 Å². The molecule has 1 unspecified atom stereocenters. The molecule has 9 heteroatoms. The third-order valence-electron chi connectivity index (χ3n) is 5.21. The molecule has 0 bridgehead atoms. The monoisotopic (exact) mass is 416 g/mol. The van der Waals surface area contributed by atoms with Gasteiger partial charge in [0.25, 0.3) is 6.47 Å². The number of amides is 2. The first-order valence-corrected chi connectivity index (χ1v) is 10.2. The summed E-state index contributed by atoms with van der Waals surface area (Å²) in [6, 6.07) is 6.27. The number of aryl methyl sites for hydroxylation is 1. The summed E-state index contributed by atoms with van der Waals surface area (Å²) < 4.78 is 1.90. The van der Waals surface area contributed by atoms with E-state index in [1.165, 1.54) is 0 Å². The van der Waals surface area contributed by atoms with Gasteiger partial charge in [0.15, 0.2) is 0 Å². The number of piperidine rings is 1. The first-order chi connectivity index (χ1) is 14.5. The molecule has 2 amide bonds. The molecule has 0 aliphatic carbocycles. The Bertz CT molecular complexity index is 732. The highest BCUT2D eigenvalue weighted by Gasteiger charge is 2.27. The normalized spacial score (nSPS) is 15.5. The third-order valence-corrected chi connectivity index (χ3v) is 5.21. The topological polar surface area (TPSA) is 104 Å². The van der Waals surface area contributed by atoms with E-state index < -0.39 is 0 Å². The molecule has 2 aromatic rings. The Morgan fingerprint density at radius 2 is 2.00 bits per heavy atom. The summed E-state index contributed by atoms with van der Waals surface area (Å²) >= 11 is 0. The minimum atomic E-state index is -0.250. The van der Waals surface area contributed by atoms with Crippen molar-refractivity contribution < 1.29 is 14.7 Å². The lowest BCUT2D eigenvalue weighted by Gasteiger charge is -2.38. The zero-order valence-corrected chi connectivity index (χ0v) is 17.7. The van der Waals surface area contributed by atoms with Gasteiger partial charge in [0, 0.05) is 50.0 Å². The predicted molar refractivity (Wildman–Crippen MR) is 114 cm³/mol. The van der Waals surface area contributed by atoms with E-state index in [0.29, 0.717) is 6.54 Å². The Hall–Kier alpha value is -2.94. The van der Waals surface area contributed by atoms with E-state index in [9.17, 15) is 4.79 Å². The maximum Gasteiger partial charge on any atom is 0.318 e. The summed E-state index contributed by atoms with van der Waals surface area (Å²) in [7, 11) is 2.14. The van der Waals surface area contributed by atoms with Gasteiger partial charge in [0.2, 0.25) is 0 Å². The van der Waals surface area contributed by atoms with Crippen LogP contribution in [-0.4, -0.2) is 74.4 Å². The molecule has 1 fully saturated rings. The number of hydrogen-bond acceptors (Lipinski definition) is 5. The Morgan fingerprint density at radius 1 is 1.33 bits per heavy atom. The summed E-state index contributed by atoms with van der Waals surface area (Å²) in [4.78, 5) is 29.8. The molecule has 0 spiro atoms. The van der Waals surface area contributed by atoms with Crippen LogP contribution in [0.4, 0.5) is 4.79 Å². The van der Waals surface area contributed by atoms with Crippen LogP contribution in [-0.2, 0) is 17.9 Å². The van der Waals surface area contributed by atoms with Crippen molar-refractivity contribution in [2.45, 2.75) is 51.4 Å². The van der Waals surface area contributed by atoms with Gasteiger partial charge in [0.1, 0.15) is 0 Å². The van der Waals surface area contributed by atoms with Crippen molar-refractivity contribution in [1.82, 2.24) is 29.9 Å². The number of nitrogens with zero attached hydrogens (tertiary/aromatic N) is 5. The molecule has 30 heavy (non-hydrogen) atoms. The molecule has 164 valence electrons. The number of rotatable bonds is 7. The lowest BCUT2D eigenvalue weighted by atomic mass is 10.0. The van der Waals surface area contributed by atoms with E-state index in [1.54, 1.807) is 18.6 Å². The van der Waals surface area contributed by atoms with E-state index in [1.807, 2.05) is 34.0 Å². The first kappa shape index (κ1) is 23.3. The standard InChI is InChI=1S/C20H30N6O.CH2O2/c1-17(6-15-25-12-3-9-22-25)23-20(27)26(16-18-4-10-21-11-5-18)19-7-13-24(2)14-8-19;2-1-3/h3-5,9-12,17,19H,6-8,13-16H2,1-2H3,(H,23,27);1H,(H,2,3). The van der Waals surface area contributed by atoms with Gasteiger partial charge in [-0.15, -0.1) is 0 Å². The van der Waals surface area contributed by atoms with Crippen LogP contribution in [0.2, 0.25) is 0 Å². The average Bonchev–Trinajstić information content (AvgIpc) is 3.26. The molecule has 2 aromatic heterocycles. The molecule has 1 aliphatic heterocycles. The number of likely N-dealkylation sites (tertiary alicyclic amines) is 1. The highest BCUT2D eigenvalue weighted by molar-refractivity contribution is 5.75. The summed E-state index contributed by atoms with van der Waals surface area (Å²) in [5.74, 6) is 0. The number of hydrogen-bond donors (Lipinski definition) is 2. The average molecular weight is 417 g/mol. The Kier molecular flexibility index (Phi) is 9.79. The zero-order chi connectivity index (χ0) is 21.8. The van der Waals surface area contributed by atoms with Crippen molar-refractivity contribution in [2.75, 3.05) is 20.1 Å². The van der Waals surface area contributed by atoms with Crippen LogP contribution in [0.1, 0.15) is 31.7 Å². The Balaban J connectivity index is 0.00000101. The molecule has 1 saturated heterocycles. The van der Waals surface area contributed by atoms with Crippen LogP contribution < -0.4 is 5.32 Å². The number of pyridine rings is 1. The maximum absolute atomic E-state index is 13.1. The van der Waals surface area contributed by atoms with Gasteiger partial charge < -0.3 is 20.2 Å². The van der Waals surface area contributed by atoms with Gasteiger partial charge in [-0.1, -0.05) is 0 Å². The lowest BCUT2D eigenvalue weighted by Crippen LogP contribution is -2.51. The van der Waals surface area contributed by atoms with E-state index in [2.05, 4.69) is 34.3 Å². The van der Waals surface area contributed by atoms with Crippen LogP contribution >= 0.6 is 0 Å². The second kappa shape index (κ2) is 12.6. The summed E-state index contributed by atoms with van der Waals surface area (Å²) in [5.41, 5.74) is 1.11. The van der Waals surface area contributed by atoms with Gasteiger partial charge in [-0.25, -0.2) is 4.79 Å². The Morgan fingerprint density at radius 3 is 2.60 bits per heavy atom.